The van der Waals surface area contributed by atoms with Crippen LogP contribution in [0.1, 0.15) is 34.1 Å². The van der Waals surface area contributed by atoms with Crippen LogP contribution in [0.5, 0.6) is 0 Å². The Balaban J connectivity index is 1.36. The number of aromatic nitrogens is 1. The molecule has 1 aromatic heterocycles. The third-order valence-corrected chi connectivity index (χ3v) is 5.87. The van der Waals surface area contributed by atoms with Crippen LogP contribution in [0, 0.1) is 0 Å². The normalized spacial score (nSPS) is 16.3. The van der Waals surface area contributed by atoms with E-state index in [1.54, 1.807) is 35.6 Å². The number of anilines is 2. The quantitative estimate of drug-likeness (QED) is 0.653. The van der Waals surface area contributed by atoms with Gasteiger partial charge in [-0.2, -0.15) is 0 Å². The molecule has 0 saturated carbocycles. The number of nitrogens with one attached hydrogen (secondary N) is 2. The number of hydrogen-bond acceptors (Lipinski definition) is 4. The van der Waals surface area contributed by atoms with Gasteiger partial charge in [-0.05, 0) is 49.2 Å². The van der Waals surface area contributed by atoms with E-state index < -0.39 is 0 Å². The Kier molecular flexibility index (Phi) is 5.86. The van der Waals surface area contributed by atoms with Gasteiger partial charge in [-0.1, -0.05) is 18.2 Å². The lowest BCUT2D eigenvalue weighted by molar-refractivity contribution is 0.0707. The standard InChI is InChI=1S/C22H22N4O2S/c27-21(26-13-4-5-17(15-26)20-23-12-14-29-20)16-8-10-19(11-9-16)25-22(28)24-18-6-2-1-3-7-18/h1-3,6-12,14,17H,4-5,13,15H2,(H2,24,25,28). The average molecular weight is 407 g/mol. The number of hydrogen-bond donors (Lipinski definition) is 2. The summed E-state index contributed by atoms with van der Waals surface area (Å²) in [5, 5.41) is 8.63. The van der Waals surface area contributed by atoms with Crippen LogP contribution in [0.15, 0.2) is 66.2 Å². The van der Waals surface area contributed by atoms with Crippen LogP contribution in [0.2, 0.25) is 0 Å². The van der Waals surface area contributed by atoms with Crippen molar-refractivity contribution in [2.75, 3.05) is 23.7 Å². The van der Waals surface area contributed by atoms with Crippen LogP contribution >= 0.6 is 11.3 Å². The number of carbonyl (C=O) groups is 2. The number of benzene rings is 2. The molecule has 148 valence electrons. The molecular weight excluding hydrogens is 384 g/mol. The van der Waals surface area contributed by atoms with Gasteiger partial charge in [0.15, 0.2) is 0 Å². The van der Waals surface area contributed by atoms with E-state index in [1.165, 1.54) is 0 Å². The van der Waals surface area contributed by atoms with Crippen molar-refractivity contribution >= 4 is 34.6 Å². The maximum absolute atomic E-state index is 12.9. The van der Waals surface area contributed by atoms with Crippen LogP contribution < -0.4 is 10.6 Å². The van der Waals surface area contributed by atoms with Crippen molar-refractivity contribution in [3.05, 3.63) is 76.7 Å². The highest BCUT2D eigenvalue weighted by Crippen LogP contribution is 2.29. The van der Waals surface area contributed by atoms with Gasteiger partial charge < -0.3 is 15.5 Å². The SMILES string of the molecule is O=C(Nc1ccccc1)Nc1ccc(C(=O)N2CCCC(c3nccs3)C2)cc1. The zero-order valence-electron chi connectivity index (χ0n) is 15.9. The summed E-state index contributed by atoms with van der Waals surface area (Å²) in [5.74, 6) is 0.335. The Morgan fingerprint density at radius 1 is 1.00 bits per heavy atom. The predicted octanol–water partition coefficient (Wildman–Crippen LogP) is 4.81. The van der Waals surface area contributed by atoms with Crippen LogP contribution in [0.25, 0.3) is 0 Å². The monoisotopic (exact) mass is 406 g/mol. The Bertz CT molecular complexity index is 958. The van der Waals surface area contributed by atoms with E-state index in [2.05, 4.69) is 15.6 Å². The van der Waals surface area contributed by atoms with Gasteiger partial charge in [-0.15, -0.1) is 11.3 Å². The number of para-hydroxylation sites is 1. The Morgan fingerprint density at radius 2 is 1.72 bits per heavy atom. The topological polar surface area (TPSA) is 74.3 Å². The molecule has 29 heavy (non-hydrogen) atoms. The first-order valence-corrected chi connectivity index (χ1v) is 10.5. The fourth-order valence-electron chi connectivity index (χ4n) is 3.49. The first-order valence-electron chi connectivity index (χ1n) is 9.61. The highest BCUT2D eigenvalue weighted by atomic mass is 32.1. The number of likely N-dealkylation sites (tertiary alicyclic amines) is 1. The van der Waals surface area contributed by atoms with Crippen LogP contribution in [0.3, 0.4) is 0 Å². The molecule has 0 bridgehead atoms. The van der Waals surface area contributed by atoms with Crippen LogP contribution in [0.4, 0.5) is 16.2 Å². The summed E-state index contributed by atoms with van der Waals surface area (Å²) < 4.78 is 0. The van der Waals surface area contributed by atoms with E-state index >= 15 is 0 Å². The second-order valence-electron chi connectivity index (χ2n) is 6.98. The van der Waals surface area contributed by atoms with Gasteiger partial charge in [0.25, 0.3) is 5.91 Å². The van der Waals surface area contributed by atoms with E-state index in [4.69, 9.17) is 0 Å². The largest absolute Gasteiger partial charge is 0.338 e. The molecule has 0 radical (unpaired) electrons. The Hall–Kier alpha value is -3.19. The lowest BCUT2D eigenvalue weighted by Gasteiger charge is -2.32. The summed E-state index contributed by atoms with van der Waals surface area (Å²) in [6, 6.07) is 15.9. The average Bonchev–Trinajstić information content (AvgIpc) is 3.30. The third kappa shape index (κ3) is 4.81. The number of amides is 3. The highest BCUT2D eigenvalue weighted by Gasteiger charge is 2.26. The van der Waals surface area contributed by atoms with E-state index in [1.807, 2.05) is 46.8 Å². The van der Waals surface area contributed by atoms with E-state index in [0.717, 1.165) is 30.1 Å². The van der Waals surface area contributed by atoms with E-state index in [-0.39, 0.29) is 11.9 Å². The summed E-state index contributed by atoms with van der Waals surface area (Å²) in [6.07, 6.45) is 3.87. The molecule has 2 aromatic carbocycles. The fourth-order valence-corrected chi connectivity index (χ4v) is 4.26. The van der Waals surface area contributed by atoms with Crippen molar-refractivity contribution < 1.29 is 9.59 Å². The number of urea groups is 1. The molecule has 3 amide bonds. The first kappa shape index (κ1) is 19.1. The second-order valence-corrected chi connectivity index (χ2v) is 7.91. The Morgan fingerprint density at radius 3 is 2.41 bits per heavy atom. The molecule has 1 fully saturated rings. The summed E-state index contributed by atoms with van der Waals surface area (Å²) >= 11 is 1.65. The van der Waals surface area contributed by atoms with Crippen molar-refractivity contribution in [1.29, 1.82) is 0 Å². The predicted molar refractivity (Wildman–Crippen MR) is 116 cm³/mol. The molecule has 2 N–H and O–H groups in total. The number of piperidine rings is 1. The van der Waals surface area contributed by atoms with Gasteiger partial charge in [0.1, 0.15) is 0 Å². The van der Waals surface area contributed by atoms with Gasteiger partial charge in [0.05, 0.1) is 5.01 Å². The van der Waals surface area contributed by atoms with Gasteiger partial charge >= 0.3 is 6.03 Å². The van der Waals surface area contributed by atoms with E-state index in [0.29, 0.717) is 23.7 Å². The number of rotatable bonds is 4. The van der Waals surface area contributed by atoms with Crippen molar-refractivity contribution in [2.45, 2.75) is 18.8 Å². The number of carbonyl (C=O) groups excluding carboxylic acids is 2. The lowest BCUT2D eigenvalue weighted by Crippen LogP contribution is -2.39. The third-order valence-electron chi connectivity index (χ3n) is 4.93. The van der Waals surface area contributed by atoms with Crippen molar-refractivity contribution in [3.63, 3.8) is 0 Å². The summed E-state index contributed by atoms with van der Waals surface area (Å²) in [7, 11) is 0. The molecule has 2 heterocycles. The molecular formula is C22H22N4O2S. The fraction of sp³-hybridized carbons (Fsp3) is 0.227. The zero-order chi connectivity index (χ0) is 20.1. The highest BCUT2D eigenvalue weighted by molar-refractivity contribution is 7.09. The van der Waals surface area contributed by atoms with Crippen LogP contribution in [-0.2, 0) is 0 Å². The minimum atomic E-state index is -0.322. The van der Waals surface area contributed by atoms with Crippen LogP contribution in [-0.4, -0.2) is 34.9 Å². The Labute approximate surface area is 173 Å². The second kappa shape index (κ2) is 8.87. The molecule has 1 atom stereocenters. The zero-order valence-corrected chi connectivity index (χ0v) is 16.7. The summed E-state index contributed by atoms with van der Waals surface area (Å²) in [4.78, 5) is 31.3. The van der Waals surface area contributed by atoms with Gasteiger partial charge in [0.2, 0.25) is 0 Å². The molecule has 0 spiro atoms. The molecule has 0 aliphatic carbocycles. The number of nitrogens with zero attached hydrogens (tertiary/aromatic N) is 2. The van der Waals surface area contributed by atoms with Gasteiger partial charge in [0, 0.05) is 47.5 Å². The van der Waals surface area contributed by atoms with Gasteiger partial charge in [-0.25, -0.2) is 9.78 Å². The minimum absolute atomic E-state index is 0.0199. The van der Waals surface area contributed by atoms with Gasteiger partial charge in [-0.3, -0.25) is 4.79 Å². The molecule has 7 heteroatoms. The molecule has 1 unspecified atom stereocenters. The summed E-state index contributed by atoms with van der Waals surface area (Å²) in [5.41, 5.74) is 1.98. The van der Waals surface area contributed by atoms with Crippen molar-refractivity contribution in [1.82, 2.24) is 9.88 Å². The molecule has 4 rings (SSSR count). The molecule has 1 aliphatic rings. The summed E-state index contributed by atoms with van der Waals surface area (Å²) in [6.45, 7) is 1.46. The maximum atomic E-state index is 12.9. The van der Waals surface area contributed by atoms with Crippen molar-refractivity contribution in [2.24, 2.45) is 0 Å². The molecule has 1 saturated heterocycles. The lowest BCUT2D eigenvalue weighted by atomic mass is 9.98. The minimum Gasteiger partial charge on any atom is -0.338 e. The molecule has 1 aliphatic heterocycles. The van der Waals surface area contributed by atoms with E-state index in [9.17, 15) is 9.59 Å². The molecule has 6 nitrogen and oxygen atoms in total. The maximum Gasteiger partial charge on any atom is 0.323 e. The number of thiazole rings is 1. The van der Waals surface area contributed by atoms with Crippen molar-refractivity contribution in [3.8, 4) is 0 Å². The first-order chi connectivity index (χ1) is 14.2. The smallest absolute Gasteiger partial charge is 0.323 e. The molecule has 3 aromatic rings.